The molecule has 0 aliphatic heterocycles. The van der Waals surface area contributed by atoms with E-state index in [1.54, 1.807) is 12.1 Å². The molecule has 0 fully saturated rings. The van der Waals surface area contributed by atoms with Crippen LogP contribution >= 0.6 is 23.4 Å². The predicted molar refractivity (Wildman–Crippen MR) is 66.4 cm³/mol. The topological polar surface area (TPSA) is 56.0 Å². The number of pyridine rings is 1. The van der Waals surface area contributed by atoms with Crippen LogP contribution in [0.3, 0.4) is 0 Å². The van der Waals surface area contributed by atoms with Gasteiger partial charge in [0.2, 0.25) is 5.82 Å². The van der Waals surface area contributed by atoms with Crippen LogP contribution in [0.2, 0.25) is 5.02 Å². The number of aromatic nitrogens is 1. The van der Waals surface area contributed by atoms with Crippen LogP contribution < -0.4 is 0 Å². The molecule has 0 aliphatic carbocycles. The molecule has 0 N–H and O–H groups in total. The summed E-state index contributed by atoms with van der Waals surface area (Å²) in [6.07, 6.45) is 1.43. The number of hydrogen-bond donors (Lipinski definition) is 0. The number of para-hydroxylation sites is 1. The molecule has 0 atom stereocenters. The monoisotopic (exact) mass is 284 g/mol. The van der Waals surface area contributed by atoms with E-state index in [-0.39, 0.29) is 4.90 Å². The standard InChI is InChI=1S/C11H6ClFN2O2S/c12-7-4-5-10(14-6-7)18-9-3-1-2-8(13)11(9)15(16)17/h1-6H. The molecule has 0 spiro atoms. The van der Waals surface area contributed by atoms with Crippen LogP contribution in [0.4, 0.5) is 10.1 Å². The van der Waals surface area contributed by atoms with Crippen LogP contribution in [0.5, 0.6) is 0 Å². The van der Waals surface area contributed by atoms with E-state index in [0.29, 0.717) is 10.0 Å². The first-order valence-corrected chi connectivity index (χ1v) is 5.99. The van der Waals surface area contributed by atoms with Crippen LogP contribution in [0.15, 0.2) is 46.5 Å². The minimum atomic E-state index is -0.862. The van der Waals surface area contributed by atoms with E-state index < -0.39 is 16.4 Å². The lowest BCUT2D eigenvalue weighted by Gasteiger charge is -2.02. The molecule has 2 rings (SSSR count). The minimum Gasteiger partial charge on any atom is -0.258 e. The maximum atomic E-state index is 13.4. The highest BCUT2D eigenvalue weighted by Gasteiger charge is 2.20. The van der Waals surface area contributed by atoms with Gasteiger partial charge in [0.25, 0.3) is 0 Å². The van der Waals surface area contributed by atoms with Gasteiger partial charge in [-0.2, -0.15) is 4.39 Å². The molecule has 18 heavy (non-hydrogen) atoms. The molecule has 1 heterocycles. The van der Waals surface area contributed by atoms with Gasteiger partial charge in [0.15, 0.2) is 0 Å². The third-order valence-corrected chi connectivity index (χ3v) is 3.27. The number of nitrogens with zero attached hydrogens (tertiary/aromatic N) is 2. The lowest BCUT2D eigenvalue weighted by atomic mass is 10.3. The van der Waals surface area contributed by atoms with Crippen molar-refractivity contribution in [3.8, 4) is 0 Å². The molecule has 0 radical (unpaired) electrons. The van der Waals surface area contributed by atoms with E-state index in [9.17, 15) is 14.5 Å². The van der Waals surface area contributed by atoms with E-state index in [4.69, 9.17) is 11.6 Å². The van der Waals surface area contributed by atoms with Crippen molar-refractivity contribution in [1.29, 1.82) is 0 Å². The summed E-state index contributed by atoms with van der Waals surface area (Å²) in [6, 6.07) is 7.17. The van der Waals surface area contributed by atoms with Gasteiger partial charge in [-0.15, -0.1) is 0 Å². The van der Waals surface area contributed by atoms with Gasteiger partial charge in [0, 0.05) is 6.20 Å². The average molecular weight is 285 g/mol. The summed E-state index contributed by atoms with van der Waals surface area (Å²) in [5, 5.41) is 11.8. The smallest absolute Gasteiger partial charge is 0.258 e. The van der Waals surface area contributed by atoms with E-state index in [1.165, 1.54) is 18.3 Å². The zero-order valence-corrected chi connectivity index (χ0v) is 10.4. The fraction of sp³-hybridized carbons (Fsp3) is 0. The maximum absolute atomic E-state index is 13.4. The molecule has 2 aromatic rings. The maximum Gasteiger partial charge on any atom is 0.318 e. The SMILES string of the molecule is O=[N+]([O-])c1c(F)cccc1Sc1ccc(Cl)cn1. The van der Waals surface area contributed by atoms with Crippen molar-refractivity contribution in [1.82, 2.24) is 4.98 Å². The molecular weight excluding hydrogens is 279 g/mol. The summed E-state index contributed by atoms with van der Waals surface area (Å²) in [6.45, 7) is 0. The number of hydrogen-bond acceptors (Lipinski definition) is 4. The Labute approximate surface area is 111 Å². The third-order valence-electron chi connectivity index (χ3n) is 2.05. The Balaban J connectivity index is 2.37. The zero-order valence-electron chi connectivity index (χ0n) is 8.84. The Morgan fingerprint density at radius 3 is 2.72 bits per heavy atom. The Hall–Kier alpha value is -1.66. The molecular formula is C11H6ClFN2O2S. The molecule has 92 valence electrons. The number of rotatable bonds is 3. The first-order chi connectivity index (χ1) is 8.58. The number of halogens is 2. The second-order valence-electron chi connectivity index (χ2n) is 3.26. The van der Waals surface area contributed by atoms with Crippen molar-refractivity contribution in [3.05, 3.63) is 57.5 Å². The summed E-state index contributed by atoms with van der Waals surface area (Å²) in [7, 11) is 0. The van der Waals surface area contributed by atoms with Crippen molar-refractivity contribution in [2.75, 3.05) is 0 Å². The van der Waals surface area contributed by atoms with E-state index in [1.807, 2.05) is 0 Å². The van der Waals surface area contributed by atoms with E-state index >= 15 is 0 Å². The molecule has 4 nitrogen and oxygen atoms in total. The molecule has 0 saturated heterocycles. The van der Waals surface area contributed by atoms with Crippen LogP contribution in [0, 0.1) is 15.9 Å². The highest BCUT2D eigenvalue weighted by atomic mass is 35.5. The molecule has 0 saturated carbocycles. The van der Waals surface area contributed by atoms with Gasteiger partial charge in [-0.3, -0.25) is 10.1 Å². The Morgan fingerprint density at radius 1 is 1.33 bits per heavy atom. The second-order valence-corrected chi connectivity index (χ2v) is 4.76. The lowest BCUT2D eigenvalue weighted by Crippen LogP contribution is -1.94. The summed E-state index contributed by atoms with van der Waals surface area (Å²) in [5.74, 6) is -0.862. The van der Waals surface area contributed by atoms with Gasteiger partial charge in [-0.1, -0.05) is 29.4 Å². The van der Waals surface area contributed by atoms with Gasteiger partial charge in [-0.25, -0.2) is 4.98 Å². The fourth-order valence-corrected chi connectivity index (χ4v) is 2.28. The first kappa shape index (κ1) is 12.8. The van der Waals surface area contributed by atoms with Crippen LogP contribution in [0.25, 0.3) is 0 Å². The molecule has 0 amide bonds. The van der Waals surface area contributed by atoms with Gasteiger partial charge >= 0.3 is 5.69 Å². The summed E-state index contributed by atoms with van der Waals surface area (Å²) < 4.78 is 13.4. The van der Waals surface area contributed by atoms with Crippen LogP contribution in [0.1, 0.15) is 0 Å². The fourth-order valence-electron chi connectivity index (χ4n) is 1.29. The normalized spacial score (nSPS) is 10.3. The summed E-state index contributed by atoms with van der Waals surface area (Å²) >= 11 is 6.70. The second kappa shape index (κ2) is 5.32. The van der Waals surface area contributed by atoms with Gasteiger partial charge in [0.1, 0.15) is 5.03 Å². The quantitative estimate of drug-likeness (QED) is 0.633. The van der Waals surface area contributed by atoms with Crippen molar-refractivity contribution in [2.24, 2.45) is 0 Å². The summed E-state index contributed by atoms with van der Waals surface area (Å²) in [4.78, 5) is 14.2. The van der Waals surface area contributed by atoms with Crippen molar-refractivity contribution in [2.45, 2.75) is 9.92 Å². The van der Waals surface area contributed by atoms with Crippen molar-refractivity contribution < 1.29 is 9.31 Å². The lowest BCUT2D eigenvalue weighted by molar-refractivity contribution is -0.390. The van der Waals surface area contributed by atoms with Crippen molar-refractivity contribution >= 4 is 29.1 Å². The molecule has 1 aromatic heterocycles. The molecule has 1 aromatic carbocycles. The van der Waals surface area contributed by atoms with E-state index in [0.717, 1.165) is 17.8 Å². The molecule has 0 aliphatic rings. The largest absolute Gasteiger partial charge is 0.318 e. The number of nitro groups is 1. The van der Waals surface area contributed by atoms with Gasteiger partial charge in [0.05, 0.1) is 14.8 Å². The van der Waals surface area contributed by atoms with Crippen molar-refractivity contribution in [3.63, 3.8) is 0 Å². The molecule has 0 unspecified atom stereocenters. The van der Waals surface area contributed by atoms with Gasteiger partial charge in [-0.05, 0) is 24.3 Å². The Kier molecular flexibility index (Phi) is 3.78. The summed E-state index contributed by atoms with van der Waals surface area (Å²) in [5.41, 5.74) is -0.542. The molecule has 7 heteroatoms. The predicted octanol–water partition coefficient (Wildman–Crippen LogP) is 3.93. The number of benzene rings is 1. The number of nitro benzene ring substituents is 1. The minimum absolute atomic E-state index is 0.204. The highest BCUT2D eigenvalue weighted by molar-refractivity contribution is 7.99. The average Bonchev–Trinajstić information content (AvgIpc) is 2.32. The van der Waals surface area contributed by atoms with Crippen LogP contribution in [-0.4, -0.2) is 9.91 Å². The Bertz CT molecular complexity index is 592. The zero-order chi connectivity index (χ0) is 13.1. The highest BCUT2D eigenvalue weighted by Crippen LogP contribution is 2.35. The first-order valence-electron chi connectivity index (χ1n) is 4.80. The third kappa shape index (κ3) is 2.77. The van der Waals surface area contributed by atoms with E-state index in [2.05, 4.69) is 4.98 Å². The van der Waals surface area contributed by atoms with Gasteiger partial charge < -0.3 is 0 Å². The Morgan fingerprint density at radius 2 is 2.11 bits per heavy atom. The van der Waals surface area contributed by atoms with Crippen LogP contribution in [-0.2, 0) is 0 Å². The molecule has 0 bridgehead atoms.